The third-order valence-corrected chi connectivity index (χ3v) is 9.91. The van der Waals surface area contributed by atoms with Crippen LogP contribution in [0.15, 0.2) is 71.2 Å². The number of carbonyl (C=O) groups excluding carboxylic acids is 4. The van der Waals surface area contributed by atoms with E-state index < -0.39 is 18.5 Å². The second kappa shape index (κ2) is 10.5. The Bertz CT molecular complexity index is 1540. The summed E-state index contributed by atoms with van der Waals surface area (Å²) in [6.45, 7) is 1.26. The number of nitrogens with one attached hydrogen (secondary N) is 1. The number of halogens is 2. The zero-order valence-corrected chi connectivity index (χ0v) is 23.9. The largest absolute Gasteiger partial charge is 0.452 e. The molecule has 40 heavy (non-hydrogen) atoms. The summed E-state index contributed by atoms with van der Waals surface area (Å²) >= 11 is 9.55. The lowest BCUT2D eigenvalue weighted by Crippen LogP contribution is -2.33. The highest BCUT2D eigenvalue weighted by Crippen LogP contribution is 2.61. The SMILES string of the molecule is Cc1c(NC(=O)COC(=O)c2cccc(N3C(=O)[C@@H]4[C@@H]5C[C@@H]([C@H]4C3=O)[C@@H](c3ccccc3)C5)c2)ccc(Br)c1Cl. The molecule has 204 valence electrons. The van der Waals surface area contributed by atoms with Crippen LogP contribution in [0.2, 0.25) is 5.02 Å². The Hall–Kier alpha value is -3.49. The first-order valence-electron chi connectivity index (χ1n) is 13.2. The molecule has 7 nitrogen and oxygen atoms in total. The molecular weight excluding hydrogens is 596 g/mol. The molecule has 1 aliphatic heterocycles. The number of nitrogens with zero attached hydrogens (tertiary/aromatic N) is 1. The van der Waals surface area contributed by atoms with Gasteiger partial charge in [-0.05, 0) is 94.9 Å². The summed E-state index contributed by atoms with van der Waals surface area (Å²) in [5.41, 5.74) is 2.90. The predicted molar refractivity (Wildman–Crippen MR) is 154 cm³/mol. The number of amides is 3. The van der Waals surface area contributed by atoms with Crippen LogP contribution in [0, 0.1) is 30.6 Å². The number of imide groups is 1. The van der Waals surface area contributed by atoms with Gasteiger partial charge >= 0.3 is 5.97 Å². The lowest BCUT2D eigenvalue weighted by atomic mass is 9.73. The van der Waals surface area contributed by atoms with Crippen LogP contribution in [-0.2, 0) is 19.1 Å². The minimum Gasteiger partial charge on any atom is -0.452 e. The van der Waals surface area contributed by atoms with Gasteiger partial charge in [0.25, 0.3) is 5.91 Å². The van der Waals surface area contributed by atoms with Crippen molar-refractivity contribution in [3.05, 3.63) is 92.9 Å². The molecule has 3 fully saturated rings. The quantitative estimate of drug-likeness (QED) is 0.264. The van der Waals surface area contributed by atoms with E-state index in [1.165, 1.54) is 22.6 Å². The number of esters is 1. The van der Waals surface area contributed by atoms with E-state index in [4.69, 9.17) is 16.3 Å². The van der Waals surface area contributed by atoms with Crippen molar-refractivity contribution in [3.63, 3.8) is 0 Å². The number of carbonyl (C=O) groups is 4. The number of rotatable bonds is 6. The van der Waals surface area contributed by atoms with Crippen LogP contribution in [-0.4, -0.2) is 30.3 Å². The van der Waals surface area contributed by atoms with E-state index in [1.54, 1.807) is 31.2 Å². The highest BCUT2D eigenvalue weighted by atomic mass is 79.9. The zero-order chi connectivity index (χ0) is 28.1. The summed E-state index contributed by atoms with van der Waals surface area (Å²) in [6, 6.07) is 19.9. The third kappa shape index (κ3) is 4.53. The van der Waals surface area contributed by atoms with Gasteiger partial charge in [-0.25, -0.2) is 4.79 Å². The Morgan fingerprint density at radius 3 is 2.52 bits per heavy atom. The highest BCUT2D eigenvalue weighted by molar-refractivity contribution is 9.10. The molecule has 3 amide bonds. The van der Waals surface area contributed by atoms with Gasteiger partial charge in [0, 0.05) is 10.2 Å². The lowest BCUT2D eigenvalue weighted by Gasteiger charge is -2.28. The first-order valence-corrected chi connectivity index (χ1v) is 14.4. The molecule has 0 radical (unpaired) electrons. The molecule has 2 saturated carbocycles. The summed E-state index contributed by atoms with van der Waals surface area (Å²) in [5, 5.41) is 3.16. The number of ether oxygens (including phenoxy) is 1. The first-order chi connectivity index (χ1) is 19.2. The summed E-state index contributed by atoms with van der Waals surface area (Å²) in [4.78, 5) is 53.6. The molecule has 0 unspecified atom stereocenters. The predicted octanol–water partition coefficient (Wildman–Crippen LogP) is 6.14. The second-order valence-electron chi connectivity index (χ2n) is 10.7. The molecule has 0 aromatic heterocycles. The minimum absolute atomic E-state index is 0.134. The molecule has 0 spiro atoms. The van der Waals surface area contributed by atoms with Gasteiger partial charge in [-0.3, -0.25) is 19.3 Å². The van der Waals surface area contributed by atoms with Crippen molar-refractivity contribution in [2.75, 3.05) is 16.8 Å². The van der Waals surface area contributed by atoms with Gasteiger partial charge in [0.05, 0.1) is 28.1 Å². The van der Waals surface area contributed by atoms with Gasteiger partial charge in [-0.2, -0.15) is 0 Å². The van der Waals surface area contributed by atoms with Gasteiger partial charge in [-0.15, -0.1) is 0 Å². The number of hydrogen-bond acceptors (Lipinski definition) is 5. The summed E-state index contributed by atoms with van der Waals surface area (Å²) in [5.74, 6) is -1.71. The fraction of sp³-hybridized carbons (Fsp3) is 0.290. The molecule has 2 aliphatic carbocycles. The fourth-order valence-electron chi connectivity index (χ4n) is 6.76. The van der Waals surface area contributed by atoms with Gasteiger partial charge in [0.15, 0.2) is 6.61 Å². The van der Waals surface area contributed by atoms with E-state index in [0.717, 1.165) is 12.8 Å². The van der Waals surface area contributed by atoms with E-state index in [0.29, 0.717) is 26.4 Å². The molecule has 3 aliphatic rings. The Morgan fingerprint density at radius 2 is 1.75 bits per heavy atom. The fourth-order valence-corrected chi connectivity index (χ4v) is 7.35. The maximum Gasteiger partial charge on any atom is 0.338 e. The molecule has 3 aromatic rings. The average Bonchev–Trinajstić information content (AvgIpc) is 3.63. The van der Waals surface area contributed by atoms with Crippen molar-refractivity contribution in [1.29, 1.82) is 0 Å². The molecule has 2 bridgehead atoms. The van der Waals surface area contributed by atoms with Crippen molar-refractivity contribution in [2.24, 2.45) is 23.7 Å². The number of hydrogen-bond donors (Lipinski definition) is 1. The van der Waals surface area contributed by atoms with Crippen LogP contribution >= 0.6 is 27.5 Å². The monoisotopic (exact) mass is 620 g/mol. The second-order valence-corrected chi connectivity index (χ2v) is 11.9. The topological polar surface area (TPSA) is 92.8 Å². The molecule has 3 aromatic carbocycles. The van der Waals surface area contributed by atoms with Crippen LogP contribution < -0.4 is 10.2 Å². The zero-order valence-electron chi connectivity index (χ0n) is 21.6. The maximum absolute atomic E-state index is 13.6. The third-order valence-electron chi connectivity index (χ3n) is 8.53. The van der Waals surface area contributed by atoms with E-state index in [-0.39, 0.29) is 47.0 Å². The van der Waals surface area contributed by atoms with Crippen LogP contribution in [0.4, 0.5) is 11.4 Å². The number of benzene rings is 3. The minimum atomic E-state index is -0.730. The van der Waals surface area contributed by atoms with Crippen LogP contribution in [0.3, 0.4) is 0 Å². The normalized spacial score (nSPS) is 24.8. The van der Waals surface area contributed by atoms with Gasteiger partial charge in [-0.1, -0.05) is 48.0 Å². The summed E-state index contributed by atoms with van der Waals surface area (Å²) < 4.78 is 5.93. The molecule has 6 rings (SSSR count). The smallest absolute Gasteiger partial charge is 0.338 e. The van der Waals surface area contributed by atoms with Crippen LogP contribution in [0.25, 0.3) is 0 Å². The highest BCUT2D eigenvalue weighted by Gasteiger charge is 2.64. The molecular formula is C31H26BrClN2O5. The molecule has 1 saturated heterocycles. The van der Waals surface area contributed by atoms with Crippen molar-refractivity contribution < 1.29 is 23.9 Å². The Morgan fingerprint density at radius 1 is 1.00 bits per heavy atom. The van der Waals surface area contributed by atoms with Gasteiger partial charge < -0.3 is 10.1 Å². The summed E-state index contributed by atoms with van der Waals surface area (Å²) in [6.07, 6.45) is 1.80. The first kappa shape index (κ1) is 26.7. The lowest BCUT2D eigenvalue weighted by molar-refractivity contribution is -0.123. The van der Waals surface area contributed by atoms with Gasteiger partial charge in [0.1, 0.15) is 0 Å². The van der Waals surface area contributed by atoms with Crippen molar-refractivity contribution in [3.8, 4) is 0 Å². The number of fused-ring (bicyclic) bond motifs is 5. The molecule has 9 heteroatoms. The van der Waals surface area contributed by atoms with Crippen molar-refractivity contribution >= 4 is 62.6 Å². The molecule has 1 N–H and O–H groups in total. The maximum atomic E-state index is 13.6. The van der Waals surface area contributed by atoms with E-state index in [1.807, 2.05) is 18.2 Å². The Labute approximate surface area is 245 Å². The number of anilines is 2. The average molecular weight is 622 g/mol. The van der Waals surface area contributed by atoms with Crippen LogP contribution in [0.5, 0.6) is 0 Å². The van der Waals surface area contributed by atoms with E-state index in [2.05, 4.69) is 33.4 Å². The Balaban J connectivity index is 1.13. The van der Waals surface area contributed by atoms with Crippen molar-refractivity contribution in [2.45, 2.75) is 25.7 Å². The molecule has 1 heterocycles. The Kier molecular flexibility index (Phi) is 7.00. The standard InChI is InChI=1S/C31H26BrClN2O5/c1-16-24(11-10-23(32)28(16)33)34-25(36)15-40-31(39)18-8-5-9-20(12-18)35-29(37)26-19-13-21(17-6-3-2-4-7-17)22(14-19)27(26)30(35)38/h2-12,19,21-22,26-27H,13-15H2,1H3,(H,34,36)/t19-,21+,22+,26+,27+/m0/s1. The van der Waals surface area contributed by atoms with Crippen molar-refractivity contribution in [1.82, 2.24) is 0 Å². The molecule has 5 atom stereocenters. The summed E-state index contributed by atoms with van der Waals surface area (Å²) in [7, 11) is 0. The van der Waals surface area contributed by atoms with Crippen LogP contribution in [0.1, 0.15) is 40.2 Å². The van der Waals surface area contributed by atoms with E-state index in [9.17, 15) is 19.2 Å². The van der Waals surface area contributed by atoms with Gasteiger partial charge in [0.2, 0.25) is 11.8 Å². The van der Waals surface area contributed by atoms with E-state index >= 15 is 0 Å².